The molecule has 1 amide bonds. The predicted octanol–water partition coefficient (Wildman–Crippen LogP) is 3.56. The molecule has 3 unspecified atom stereocenters. The van der Waals surface area contributed by atoms with Crippen LogP contribution in [0.1, 0.15) is 53.8 Å². The third-order valence-corrected chi connectivity index (χ3v) is 7.61. The zero-order chi connectivity index (χ0) is 25.4. The lowest BCUT2D eigenvalue weighted by Crippen LogP contribution is -2.49. The first kappa shape index (κ1) is 25.0. The fourth-order valence-corrected chi connectivity index (χ4v) is 5.86. The lowest BCUT2D eigenvalue weighted by Gasteiger charge is -2.35. The van der Waals surface area contributed by atoms with Crippen molar-refractivity contribution in [2.45, 2.75) is 45.2 Å². The molecule has 2 aliphatic heterocycles. The Kier molecular flexibility index (Phi) is 7.18. The first-order chi connectivity index (χ1) is 17.3. The van der Waals surface area contributed by atoms with Gasteiger partial charge in [-0.2, -0.15) is 5.10 Å². The van der Waals surface area contributed by atoms with E-state index in [1.165, 1.54) is 6.26 Å². The number of halogens is 1. The molecule has 2 N–H and O–H groups in total. The summed E-state index contributed by atoms with van der Waals surface area (Å²) in [5.41, 5.74) is 3.61. The smallest absolute Gasteiger partial charge is 0.256 e. The molecular weight excluding hydrogens is 498 g/mol. The van der Waals surface area contributed by atoms with Crippen molar-refractivity contribution in [2.24, 2.45) is 0 Å². The highest BCUT2D eigenvalue weighted by molar-refractivity contribution is 7.85. The van der Waals surface area contributed by atoms with Crippen LogP contribution < -0.4 is 14.9 Å². The van der Waals surface area contributed by atoms with Gasteiger partial charge in [-0.25, -0.2) is 13.7 Å². The summed E-state index contributed by atoms with van der Waals surface area (Å²) >= 11 is 6.24. The number of aryl methyl sites for hydroxylation is 1. The van der Waals surface area contributed by atoms with Gasteiger partial charge in [0.05, 0.1) is 23.0 Å². The Morgan fingerprint density at radius 3 is 2.86 bits per heavy atom. The summed E-state index contributed by atoms with van der Waals surface area (Å²) in [5, 5.41) is 8.79. The number of aromatic nitrogens is 3. The Bertz CT molecular complexity index is 1310. The van der Waals surface area contributed by atoms with Gasteiger partial charge in [0.2, 0.25) is 0 Å². The number of carbonyl (C=O) groups excluding carboxylic acids is 1. The van der Waals surface area contributed by atoms with Gasteiger partial charge in [-0.05, 0) is 51.3 Å². The molecule has 11 heteroatoms. The van der Waals surface area contributed by atoms with E-state index in [4.69, 9.17) is 21.7 Å². The topological polar surface area (TPSA) is 94.9 Å². The third-order valence-electron chi connectivity index (χ3n) is 6.86. The number of likely N-dealkylation sites (tertiary alicyclic amines) is 1. The third kappa shape index (κ3) is 5.07. The molecule has 0 aliphatic carbocycles. The standard InChI is InChI=1S/C25H32ClN7O2S/c1-16-14-33-23(28-24(16)31-11-9-27-17(2)15-31)13-21(29-33)22-6-4-5-10-32(22)25(34)19-12-18(26)7-8-20(19)30-36(3)35/h7-8,12-14,17,22,27,30H,4-6,9-11,15H2,1-3H3. The Morgan fingerprint density at radius 1 is 1.25 bits per heavy atom. The van der Waals surface area contributed by atoms with Crippen LogP contribution in [0.15, 0.2) is 30.5 Å². The van der Waals surface area contributed by atoms with E-state index in [0.717, 1.165) is 61.6 Å². The van der Waals surface area contributed by atoms with Gasteiger partial charge >= 0.3 is 0 Å². The van der Waals surface area contributed by atoms with E-state index in [9.17, 15) is 9.00 Å². The number of benzene rings is 1. The molecule has 3 aromatic rings. The summed E-state index contributed by atoms with van der Waals surface area (Å²) in [6.45, 7) is 7.63. The van der Waals surface area contributed by atoms with Crippen LogP contribution in [-0.4, -0.2) is 68.1 Å². The average molecular weight is 530 g/mol. The van der Waals surface area contributed by atoms with E-state index in [-0.39, 0.29) is 11.9 Å². The molecule has 5 rings (SSSR count). The number of hydrogen-bond acceptors (Lipinski definition) is 6. The van der Waals surface area contributed by atoms with Gasteiger partial charge in [-0.1, -0.05) is 11.6 Å². The van der Waals surface area contributed by atoms with Crippen molar-refractivity contribution < 1.29 is 9.00 Å². The summed E-state index contributed by atoms with van der Waals surface area (Å²) in [6, 6.07) is 7.27. The zero-order valence-corrected chi connectivity index (χ0v) is 22.4. The van der Waals surface area contributed by atoms with Crippen LogP contribution in [0.4, 0.5) is 11.5 Å². The molecule has 2 fully saturated rings. The lowest BCUT2D eigenvalue weighted by atomic mass is 9.98. The van der Waals surface area contributed by atoms with Crippen LogP contribution in [0.25, 0.3) is 5.65 Å². The first-order valence-corrected chi connectivity index (χ1v) is 14.3. The predicted molar refractivity (Wildman–Crippen MR) is 144 cm³/mol. The van der Waals surface area contributed by atoms with E-state index in [2.05, 4.69) is 28.8 Å². The van der Waals surface area contributed by atoms with E-state index < -0.39 is 11.0 Å². The molecule has 3 atom stereocenters. The van der Waals surface area contributed by atoms with Crippen molar-refractivity contribution in [3.63, 3.8) is 0 Å². The van der Waals surface area contributed by atoms with Crippen LogP contribution >= 0.6 is 11.6 Å². The van der Waals surface area contributed by atoms with Crippen LogP contribution in [0.3, 0.4) is 0 Å². The van der Waals surface area contributed by atoms with Crippen molar-refractivity contribution in [1.29, 1.82) is 0 Å². The van der Waals surface area contributed by atoms with Crippen LogP contribution in [-0.2, 0) is 11.0 Å². The zero-order valence-electron chi connectivity index (χ0n) is 20.8. The maximum Gasteiger partial charge on any atom is 0.256 e. The highest BCUT2D eigenvalue weighted by Gasteiger charge is 2.32. The number of hydrogen-bond donors (Lipinski definition) is 2. The molecule has 2 aliphatic rings. The minimum atomic E-state index is -1.32. The number of nitrogens with zero attached hydrogens (tertiary/aromatic N) is 5. The van der Waals surface area contributed by atoms with E-state index >= 15 is 0 Å². The minimum Gasteiger partial charge on any atom is -0.353 e. The lowest BCUT2D eigenvalue weighted by molar-refractivity contribution is 0.0607. The van der Waals surface area contributed by atoms with Gasteiger partial charge in [-0.3, -0.25) is 4.79 Å². The van der Waals surface area contributed by atoms with Crippen molar-refractivity contribution in [1.82, 2.24) is 24.8 Å². The van der Waals surface area contributed by atoms with Gasteiger partial charge in [0.15, 0.2) is 5.65 Å². The summed E-state index contributed by atoms with van der Waals surface area (Å²) in [4.78, 5) is 22.9. The maximum absolute atomic E-state index is 13.8. The van der Waals surface area contributed by atoms with E-state index in [1.54, 1.807) is 18.2 Å². The van der Waals surface area contributed by atoms with Gasteiger partial charge in [0, 0.05) is 61.3 Å². The highest BCUT2D eigenvalue weighted by Crippen LogP contribution is 2.34. The maximum atomic E-state index is 13.8. The Labute approximate surface area is 218 Å². The Hall–Kier alpha value is -2.69. The fourth-order valence-electron chi connectivity index (χ4n) is 5.20. The minimum absolute atomic E-state index is 0.146. The molecule has 0 bridgehead atoms. The van der Waals surface area contributed by atoms with Gasteiger partial charge in [-0.15, -0.1) is 0 Å². The molecule has 9 nitrogen and oxygen atoms in total. The number of amides is 1. The normalized spacial score (nSPS) is 21.6. The van der Waals surface area contributed by atoms with Gasteiger partial charge in [0.1, 0.15) is 16.8 Å². The summed E-state index contributed by atoms with van der Waals surface area (Å²) in [7, 11) is -1.32. The van der Waals surface area contributed by atoms with E-state index in [1.807, 2.05) is 21.7 Å². The summed E-state index contributed by atoms with van der Waals surface area (Å²) in [6.07, 6.45) is 6.31. The number of rotatable bonds is 5. The van der Waals surface area contributed by atoms with Gasteiger partial charge in [0.25, 0.3) is 5.91 Å². The molecule has 2 saturated heterocycles. The second kappa shape index (κ2) is 10.4. The molecule has 0 radical (unpaired) electrons. The number of nitrogens with one attached hydrogen (secondary N) is 2. The molecule has 4 heterocycles. The summed E-state index contributed by atoms with van der Waals surface area (Å²) in [5.74, 6) is 0.841. The quantitative estimate of drug-likeness (QED) is 0.525. The number of piperazine rings is 1. The Balaban J connectivity index is 1.47. The van der Waals surface area contributed by atoms with Crippen LogP contribution in [0, 0.1) is 6.92 Å². The number of piperidine rings is 1. The van der Waals surface area contributed by atoms with Crippen molar-refractivity contribution in [3.8, 4) is 0 Å². The molecule has 0 saturated carbocycles. The van der Waals surface area contributed by atoms with Crippen LogP contribution in [0.2, 0.25) is 5.02 Å². The molecule has 36 heavy (non-hydrogen) atoms. The largest absolute Gasteiger partial charge is 0.353 e. The molecule has 2 aromatic heterocycles. The summed E-state index contributed by atoms with van der Waals surface area (Å²) < 4.78 is 16.5. The fraction of sp³-hybridized carbons (Fsp3) is 0.480. The number of anilines is 2. The second-order valence-electron chi connectivity index (χ2n) is 9.68. The molecule has 1 aromatic carbocycles. The SMILES string of the molecule is Cc1cn2nc(C3CCCCN3C(=O)c3cc(Cl)ccc3NS(C)=O)cc2nc1N1CCNC(C)C1. The average Bonchev–Trinajstić information content (AvgIpc) is 3.26. The molecule has 192 valence electrons. The van der Waals surface area contributed by atoms with E-state index in [0.29, 0.717) is 28.9 Å². The number of fused-ring (bicyclic) bond motifs is 1. The number of carbonyl (C=O) groups is 1. The second-order valence-corrected chi connectivity index (χ2v) is 11.2. The Morgan fingerprint density at radius 2 is 2.08 bits per heavy atom. The van der Waals surface area contributed by atoms with Crippen molar-refractivity contribution in [3.05, 3.63) is 52.3 Å². The highest BCUT2D eigenvalue weighted by atomic mass is 35.5. The first-order valence-electron chi connectivity index (χ1n) is 12.4. The van der Waals surface area contributed by atoms with Crippen molar-refractivity contribution >= 4 is 45.6 Å². The van der Waals surface area contributed by atoms with Crippen molar-refractivity contribution in [2.75, 3.05) is 42.1 Å². The van der Waals surface area contributed by atoms with Gasteiger partial charge < -0.3 is 19.8 Å². The molecule has 0 spiro atoms. The molecular formula is C25H32ClN7O2S. The van der Waals surface area contributed by atoms with Crippen LogP contribution in [0.5, 0.6) is 0 Å². The monoisotopic (exact) mass is 529 g/mol.